The van der Waals surface area contributed by atoms with Crippen LogP contribution in [0.3, 0.4) is 0 Å². The molecule has 1 N–H and O–H groups in total. The highest BCUT2D eigenvalue weighted by Crippen LogP contribution is 2.64. The van der Waals surface area contributed by atoms with Crippen LogP contribution in [0.15, 0.2) is 60.7 Å². The normalized spacial score (nSPS) is 30.3. The highest BCUT2D eigenvalue weighted by molar-refractivity contribution is 7.54. The fourth-order valence-electron chi connectivity index (χ4n) is 6.85. The average Bonchev–Trinajstić information content (AvgIpc) is 2.89. The topological polar surface area (TPSA) is 47.6 Å². The molecule has 1 unspecified atom stereocenters. The molecule has 8 atom stereocenters. The molecule has 2 aliphatic rings. The SMILES string of the molecule is CC(C)[C@H]1CC[C@@H](C)C[C@H]1OP(=O)(O[C@@H]1C[C@@H](C)CC[C@H]1C(C)C)[C@H](NCc1ccccc1)c1ccccc1. The maximum absolute atomic E-state index is 15.5. The number of benzene rings is 2. The van der Waals surface area contributed by atoms with Crippen molar-refractivity contribution in [2.75, 3.05) is 0 Å². The van der Waals surface area contributed by atoms with Crippen molar-refractivity contribution in [3.05, 3.63) is 71.8 Å². The fourth-order valence-corrected chi connectivity index (χ4v) is 9.24. The summed E-state index contributed by atoms with van der Waals surface area (Å²) in [6.07, 6.45) is 6.38. The van der Waals surface area contributed by atoms with Gasteiger partial charge in [-0.05, 0) is 72.3 Å². The number of hydrogen-bond acceptors (Lipinski definition) is 4. The molecule has 0 saturated heterocycles. The summed E-state index contributed by atoms with van der Waals surface area (Å²) in [7, 11) is -3.64. The van der Waals surface area contributed by atoms with Crippen molar-refractivity contribution in [3.63, 3.8) is 0 Å². The minimum absolute atomic E-state index is 0.0668. The lowest BCUT2D eigenvalue weighted by molar-refractivity contribution is -0.00694. The van der Waals surface area contributed by atoms with E-state index in [4.69, 9.17) is 9.05 Å². The van der Waals surface area contributed by atoms with Crippen molar-refractivity contribution >= 4 is 7.60 Å². The third-order valence-electron chi connectivity index (χ3n) is 9.26. The minimum atomic E-state index is -3.64. The molecule has 0 aromatic heterocycles. The smallest absolute Gasteiger partial charge is 0.304 e. The van der Waals surface area contributed by atoms with Crippen molar-refractivity contribution in [2.45, 2.75) is 105 Å². The van der Waals surface area contributed by atoms with Crippen LogP contribution < -0.4 is 5.32 Å². The van der Waals surface area contributed by atoms with Gasteiger partial charge in [0.15, 0.2) is 0 Å². The lowest BCUT2D eigenvalue weighted by atomic mass is 9.75. The Bertz CT molecular complexity index is 1000. The van der Waals surface area contributed by atoms with Gasteiger partial charge in [0.2, 0.25) is 0 Å². The van der Waals surface area contributed by atoms with Crippen LogP contribution in [0, 0.1) is 35.5 Å². The zero-order valence-electron chi connectivity index (χ0n) is 25.1. The molecule has 0 amide bonds. The molecule has 0 bridgehead atoms. The molecule has 0 spiro atoms. The van der Waals surface area contributed by atoms with Crippen LogP contribution in [0.4, 0.5) is 0 Å². The third-order valence-corrected chi connectivity index (χ3v) is 11.5. The molecule has 4 nitrogen and oxygen atoms in total. The van der Waals surface area contributed by atoms with Gasteiger partial charge in [0, 0.05) is 6.54 Å². The lowest BCUT2D eigenvalue weighted by Gasteiger charge is -2.43. The molecule has 39 heavy (non-hydrogen) atoms. The molecule has 4 rings (SSSR count). The van der Waals surface area contributed by atoms with Crippen molar-refractivity contribution < 1.29 is 13.6 Å². The van der Waals surface area contributed by atoms with Crippen molar-refractivity contribution in [3.8, 4) is 0 Å². The molecule has 2 aromatic rings. The van der Waals surface area contributed by atoms with Crippen LogP contribution >= 0.6 is 7.60 Å². The first-order valence-electron chi connectivity index (χ1n) is 15.4. The van der Waals surface area contributed by atoms with E-state index in [0.29, 0.717) is 42.1 Å². The molecule has 0 heterocycles. The molecule has 2 aromatic carbocycles. The van der Waals surface area contributed by atoms with E-state index in [9.17, 15) is 0 Å². The first-order chi connectivity index (χ1) is 18.7. The van der Waals surface area contributed by atoms with Gasteiger partial charge in [-0.3, -0.25) is 9.88 Å². The summed E-state index contributed by atoms with van der Waals surface area (Å²) in [4.78, 5) is 0. The van der Waals surface area contributed by atoms with Gasteiger partial charge in [0.25, 0.3) is 0 Å². The van der Waals surface area contributed by atoms with Crippen LogP contribution in [-0.2, 0) is 20.2 Å². The van der Waals surface area contributed by atoms with E-state index in [1.165, 1.54) is 12.8 Å². The van der Waals surface area contributed by atoms with Crippen molar-refractivity contribution in [1.29, 1.82) is 0 Å². The fraction of sp³-hybridized carbons (Fsp3) is 0.647. The highest BCUT2D eigenvalue weighted by atomic mass is 31.2. The largest absolute Gasteiger partial charge is 0.352 e. The molecule has 2 saturated carbocycles. The standard InChI is InChI=1S/C34H52NO3P/c1-24(2)30-19-17-26(5)21-32(30)37-39(36,38-33-22-27(6)18-20-31(33)25(3)4)34(29-15-11-8-12-16-29)35-23-28-13-9-7-10-14-28/h7-16,24-27,30-35H,17-23H2,1-6H3/t26-,27+,30-,31+,32-,33-,34+,39?/m1/s1. The number of rotatable bonds is 11. The maximum atomic E-state index is 15.5. The van der Waals surface area contributed by atoms with Crippen LogP contribution in [-0.4, -0.2) is 12.2 Å². The second-order valence-electron chi connectivity index (χ2n) is 13.2. The first kappa shape index (κ1) is 30.5. The van der Waals surface area contributed by atoms with Gasteiger partial charge in [0.1, 0.15) is 5.78 Å². The van der Waals surface area contributed by atoms with Gasteiger partial charge in [-0.25, -0.2) is 0 Å². The van der Waals surface area contributed by atoms with E-state index in [1.807, 2.05) is 24.3 Å². The molecule has 5 heteroatoms. The van der Waals surface area contributed by atoms with Gasteiger partial charge in [-0.15, -0.1) is 0 Å². The molecular formula is C34H52NO3P. The van der Waals surface area contributed by atoms with E-state index in [1.54, 1.807) is 0 Å². The molecule has 216 valence electrons. The Labute approximate surface area is 238 Å². The van der Waals surface area contributed by atoms with Gasteiger partial charge in [-0.2, -0.15) is 0 Å². The van der Waals surface area contributed by atoms with E-state index < -0.39 is 13.4 Å². The molecule has 0 aliphatic heterocycles. The Morgan fingerprint density at radius 2 is 1.21 bits per heavy atom. The van der Waals surface area contributed by atoms with Crippen LogP contribution in [0.5, 0.6) is 0 Å². The van der Waals surface area contributed by atoms with E-state index in [2.05, 4.69) is 83.3 Å². The quantitative estimate of drug-likeness (QED) is 0.281. The van der Waals surface area contributed by atoms with Crippen LogP contribution in [0.1, 0.15) is 97.0 Å². The van der Waals surface area contributed by atoms with Gasteiger partial charge in [0.05, 0.1) is 12.2 Å². The third kappa shape index (κ3) is 8.07. The summed E-state index contributed by atoms with van der Waals surface area (Å²) in [6.45, 7) is 14.3. The first-order valence-corrected chi connectivity index (χ1v) is 17.1. The van der Waals surface area contributed by atoms with Gasteiger partial charge in [-0.1, -0.05) is 115 Å². The molecule has 0 radical (unpaired) electrons. The average molecular weight is 554 g/mol. The maximum Gasteiger partial charge on any atom is 0.352 e. The number of hydrogen-bond donors (Lipinski definition) is 1. The van der Waals surface area contributed by atoms with Gasteiger partial charge >= 0.3 is 7.60 Å². The Morgan fingerprint density at radius 3 is 1.67 bits per heavy atom. The van der Waals surface area contributed by atoms with Gasteiger partial charge < -0.3 is 9.05 Å². The summed E-state index contributed by atoms with van der Waals surface area (Å²) >= 11 is 0. The van der Waals surface area contributed by atoms with Crippen LogP contribution in [0.25, 0.3) is 0 Å². The van der Waals surface area contributed by atoms with Crippen molar-refractivity contribution in [2.24, 2.45) is 35.5 Å². The Balaban J connectivity index is 1.73. The predicted octanol–water partition coefficient (Wildman–Crippen LogP) is 9.62. The van der Waals surface area contributed by atoms with E-state index in [-0.39, 0.29) is 12.2 Å². The minimum Gasteiger partial charge on any atom is -0.304 e. The second-order valence-corrected chi connectivity index (χ2v) is 15.2. The Morgan fingerprint density at radius 1 is 0.744 bits per heavy atom. The summed E-state index contributed by atoms with van der Waals surface area (Å²) in [6, 6.07) is 20.5. The van der Waals surface area contributed by atoms with Crippen LogP contribution in [0.2, 0.25) is 0 Å². The Kier molecular flexibility index (Phi) is 10.9. The lowest BCUT2D eigenvalue weighted by Crippen LogP contribution is -2.38. The predicted molar refractivity (Wildman–Crippen MR) is 163 cm³/mol. The molecule has 2 fully saturated rings. The van der Waals surface area contributed by atoms with Crippen molar-refractivity contribution in [1.82, 2.24) is 5.32 Å². The Hall–Kier alpha value is -1.45. The second kappa shape index (κ2) is 13.9. The summed E-state index contributed by atoms with van der Waals surface area (Å²) in [5, 5.41) is 3.67. The summed E-state index contributed by atoms with van der Waals surface area (Å²) in [5.74, 6) is 2.30. The summed E-state index contributed by atoms with van der Waals surface area (Å²) < 4.78 is 29.4. The zero-order chi connectivity index (χ0) is 28.0. The molecule has 2 aliphatic carbocycles. The highest BCUT2D eigenvalue weighted by Gasteiger charge is 2.46. The van der Waals surface area contributed by atoms with E-state index >= 15 is 4.57 Å². The van der Waals surface area contributed by atoms with E-state index in [0.717, 1.165) is 36.8 Å². The summed E-state index contributed by atoms with van der Waals surface area (Å²) in [5.41, 5.74) is 2.12. The number of nitrogens with one attached hydrogen (secondary N) is 1. The monoisotopic (exact) mass is 553 g/mol. The zero-order valence-corrected chi connectivity index (χ0v) is 26.0. The molecular weight excluding hydrogens is 501 g/mol.